The van der Waals surface area contributed by atoms with Crippen LogP contribution in [0.1, 0.15) is 12.0 Å². The molecule has 22 heavy (non-hydrogen) atoms. The molecule has 1 heterocycles. The molecule has 0 aromatic heterocycles. The molecule has 0 aliphatic carbocycles. The number of benzene rings is 1. The highest BCUT2D eigenvalue weighted by atomic mass is 35.5. The second kappa shape index (κ2) is 5.84. The van der Waals surface area contributed by atoms with Gasteiger partial charge in [0.15, 0.2) is 0 Å². The maximum atomic E-state index is 12.7. The van der Waals surface area contributed by atoms with E-state index in [9.17, 15) is 27.6 Å². The molecule has 10 heteroatoms. The summed E-state index contributed by atoms with van der Waals surface area (Å²) < 4.78 is 38.1. The van der Waals surface area contributed by atoms with Gasteiger partial charge in [-0.2, -0.15) is 13.2 Å². The van der Waals surface area contributed by atoms with Crippen LogP contribution in [0, 0.1) is 5.92 Å². The van der Waals surface area contributed by atoms with Gasteiger partial charge in [-0.3, -0.25) is 25.2 Å². The van der Waals surface area contributed by atoms with Gasteiger partial charge in [-0.15, -0.1) is 0 Å². The first kappa shape index (κ1) is 16.1. The second-order valence-electron chi connectivity index (χ2n) is 4.48. The third kappa shape index (κ3) is 3.48. The van der Waals surface area contributed by atoms with Gasteiger partial charge in [-0.05, 0) is 18.2 Å². The van der Waals surface area contributed by atoms with Crippen molar-refractivity contribution in [2.75, 3.05) is 5.32 Å². The summed E-state index contributed by atoms with van der Waals surface area (Å²) in [5.41, 5.74) is 2.85. The number of hydrogen-bond donors (Lipinski definition) is 3. The zero-order chi connectivity index (χ0) is 16.5. The lowest BCUT2D eigenvalue weighted by molar-refractivity contribution is -0.137. The van der Waals surface area contributed by atoms with Gasteiger partial charge >= 0.3 is 6.18 Å². The minimum absolute atomic E-state index is 0.138. The number of anilines is 1. The van der Waals surface area contributed by atoms with Crippen molar-refractivity contribution in [3.63, 3.8) is 0 Å². The Balaban J connectivity index is 2.09. The lowest BCUT2D eigenvalue weighted by Crippen LogP contribution is -2.28. The van der Waals surface area contributed by atoms with Crippen LogP contribution in [0.25, 0.3) is 0 Å². The van der Waals surface area contributed by atoms with Crippen LogP contribution in [0.5, 0.6) is 0 Å². The van der Waals surface area contributed by atoms with Gasteiger partial charge in [0.2, 0.25) is 5.91 Å². The minimum Gasteiger partial charge on any atom is -0.326 e. The fraction of sp³-hybridized carbons (Fsp3) is 0.250. The van der Waals surface area contributed by atoms with Crippen molar-refractivity contribution in [3.8, 4) is 0 Å². The fourth-order valence-electron chi connectivity index (χ4n) is 1.82. The molecule has 0 radical (unpaired) electrons. The number of amides is 3. The lowest BCUT2D eigenvalue weighted by Gasteiger charge is -2.12. The maximum Gasteiger partial charge on any atom is 0.417 e. The summed E-state index contributed by atoms with van der Waals surface area (Å²) in [6.45, 7) is 0. The van der Waals surface area contributed by atoms with Gasteiger partial charge < -0.3 is 5.32 Å². The number of halogens is 4. The molecule has 1 saturated heterocycles. The molecule has 1 aromatic rings. The minimum atomic E-state index is -4.66. The molecule has 0 bridgehead atoms. The van der Waals surface area contributed by atoms with Crippen LogP contribution in [0.4, 0.5) is 18.9 Å². The van der Waals surface area contributed by atoms with E-state index in [-0.39, 0.29) is 5.69 Å². The standard InChI is InChI=1S/C12H9ClF3N3O3/c13-8-2-1-5(3-7(8)12(14,15)16)17-9(20)4-6-10(21)18-19-11(6)22/h1-3,6H,4H2,(H,17,20)(H,18,21)(H,19,22). The van der Waals surface area contributed by atoms with Crippen molar-refractivity contribution in [3.05, 3.63) is 28.8 Å². The van der Waals surface area contributed by atoms with Crippen molar-refractivity contribution in [2.24, 2.45) is 5.92 Å². The zero-order valence-electron chi connectivity index (χ0n) is 10.8. The Bertz CT molecular complexity index is 632. The number of rotatable bonds is 3. The van der Waals surface area contributed by atoms with Gasteiger partial charge in [-0.25, -0.2) is 0 Å². The second-order valence-corrected chi connectivity index (χ2v) is 4.88. The molecule has 6 nitrogen and oxygen atoms in total. The fourth-order valence-corrected chi connectivity index (χ4v) is 2.04. The summed E-state index contributed by atoms with van der Waals surface area (Å²) in [7, 11) is 0. The molecule has 1 aliphatic rings. The molecule has 3 amide bonds. The normalized spacial score (nSPS) is 15.5. The summed E-state index contributed by atoms with van der Waals surface area (Å²) in [5, 5.41) is 1.69. The zero-order valence-corrected chi connectivity index (χ0v) is 11.5. The van der Waals surface area contributed by atoms with E-state index in [0.29, 0.717) is 6.07 Å². The Hall–Kier alpha value is -2.29. The van der Waals surface area contributed by atoms with Crippen LogP contribution in [-0.4, -0.2) is 17.7 Å². The van der Waals surface area contributed by atoms with Crippen molar-refractivity contribution >= 4 is 35.0 Å². The summed E-state index contributed by atoms with van der Waals surface area (Å²) in [5.74, 6) is -3.33. The Morgan fingerprint density at radius 3 is 2.36 bits per heavy atom. The quantitative estimate of drug-likeness (QED) is 0.731. The van der Waals surface area contributed by atoms with E-state index in [0.717, 1.165) is 6.07 Å². The molecule has 118 valence electrons. The monoisotopic (exact) mass is 335 g/mol. The first-order valence-electron chi connectivity index (χ1n) is 5.95. The van der Waals surface area contributed by atoms with Gasteiger partial charge in [0, 0.05) is 12.1 Å². The number of nitrogens with one attached hydrogen (secondary N) is 3. The summed E-state index contributed by atoms with van der Waals surface area (Å²) in [4.78, 5) is 34.2. The van der Waals surface area contributed by atoms with Crippen LogP contribution in [0.2, 0.25) is 5.02 Å². The highest BCUT2D eigenvalue weighted by molar-refractivity contribution is 6.31. The van der Waals surface area contributed by atoms with Crippen LogP contribution in [-0.2, 0) is 20.6 Å². The number of hydrogen-bond acceptors (Lipinski definition) is 3. The molecular formula is C12H9ClF3N3O3. The average Bonchev–Trinajstić information content (AvgIpc) is 2.71. The first-order chi connectivity index (χ1) is 10.2. The Morgan fingerprint density at radius 2 is 1.82 bits per heavy atom. The first-order valence-corrected chi connectivity index (χ1v) is 6.32. The van der Waals surface area contributed by atoms with Crippen molar-refractivity contribution in [1.82, 2.24) is 10.9 Å². The molecule has 1 aliphatic heterocycles. The number of hydrazine groups is 1. The van der Waals surface area contributed by atoms with Crippen LogP contribution >= 0.6 is 11.6 Å². The summed E-state index contributed by atoms with van der Waals surface area (Å²) in [6, 6.07) is 2.86. The number of carbonyl (C=O) groups is 3. The molecular weight excluding hydrogens is 327 g/mol. The Labute approximate surface area is 127 Å². The average molecular weight is 336 g/mol. The van der Waals surface area contributed by atoms with Crippen LogP contribution < -0.4 is 16.2 Å². The molecule has 0 atom stereocenters. The van der Waals surface area contributed by atoms with Crippen molar-refractivity contribution in [1.29, 1.82) is 0 Å². The molecule has 1 fully saturated rings. The van der Waals surface area contributed by atoms with E-state index >= 15 is 0 Å². The molecule has 1 aromatic carbocycles. The van der Waals surface area contributed by atoms with E-state index in [2.05, 4.69) is 5.32 Å². The Morgan fingerprint density at radius 1 is 1.23 bits per heavy atom. The smallest absolute Gasteiger partial charge is 0.326 e. The van der Waals surface area contributed by atoms with Gasteiger partial charge in [-0.1, -0.05) is 11.6 Å². The topological polar surface area (TPSA) is 87.3 Å². The third-order valence-corrected chi connectivity index (χ3v) is 3.22. The van der Waals surface area contributed by atoms with E-state index in [1.54, 1.807) is 0 Å². The summed E-state index contributed by atoms with van der Waals surface area (Å²) >= 11 is 5.45. The highest BCUT2D eigenvalue weighted by Crippen LogP contribution is 2.36. The third-order valence-electron chi connectivity index (χ3n) is 2.89. The highest BCUT2D eigenvalue weighted by Gasteiger charge is 2.35. The largest absolute Gasteiger partial charge is 0.417 e. The number of alkyl halides is 3. The van der Waals surface area contributed by atoms with Gasteiger partial charge in [0.25, 0.3) is 11.8 Å². The van der Waals surface area contributed by atoms with Gasteiger partial charge in [0.1, 0.15) is 5.92 Å². The molecule has 0 unspecified atom stereocenters. The van der Waals surface area contributed by atoms with Crippen LogP contribution in [0.15, 0.2) is 18.2 Å². The van der Waals surface area contributed by atoms with E-state index in [1.165, 1.54) is 6.07 Å². The maximum absolute atomic E-state index is 12.7. The number of carbonyl (C=O) groups excluding carboxylic acids is 3. The molecule has 2 rings (SSSR count). The van der Waals surface area contributed by atoms with Crippen molar-refractivity contribution in [2.45, 2.75) is 12.6 Å². The predicted molar refractivity (Wildman–Crippen MR) is 69.5 cm³/mol. The molecule has 3 N–H and O–H groups in total. The van der Waals surface area contributed by atoms with E-state index in [1.807, 2.05) is 10.9 Å². The van der Waals surface area contributed by atoms with Crippen molar-refractivity contribution < 1.29 is 27.6 Å². The SMILES string of the molecule is O=C(CC1C(=O)NNC1=O)Nc1ccc(Cl)c(C(F)(F)F)c1. The van der Waals surface area contributed by atoms with Gasteiger partial charge in [0.05, 0.1) is 10.6 Å². The molecule has 0 spiro atoms. The molecule has 0 saturated carbocycles. The summed E-state index contributed by atoms with van der Waals surface area (Å²) in [6.07, 6.45) is -5.15. The lowest BCUT2D eigenvalue weighted by atomic mass is 10.1. The van der Waals surface area contributed by atoms with E-state index < -0.39 is 46.8 Å². The van der Waals surface area contributed by atoms with E-state index in [4.69, 9.17) is 11.6 Å². The Kier molecular flexibility index (Phi) is 4.27. The van der Waals surface area contributed by atoms with Crippen LogP contribution in [0.3, 0.4) is 0 Å². The predicted octanol–water partition coefficient (Wildman–Crippen LogP) is 1.46.